The van der Waals surface area contributed by atoms with E-state index >= 15 is 0 Å². The number of rotatable bonds is 3. The third-order valence-electron chi connectivity index (χ3n) is 4.03. The molecule has 0 fully saturated rings. The molecule has 118 valence electrons. The van der Waals surface area contributed by atoms with Gasteiger partial charge >= 0.3 is 13.2 Å². The molecule has 1 unspecified atom stereocenters. The molecule has 1 aromatic heterocycles. The number of carbonyl (C=O) groups is 1. The largest absolute Gasteiger partial charge is 0.497 e. The lowest BCUT2D eigenvalue weighted by Crippen LogP contribution is -2.41. The van der Waals surface area contributed by atoms with E-state index in [1.807, 2.05) is 23.6 Å². The molecule has 0 saturated carbocycles. The summed E-state index contributed by atoms with van der Waals surface area (Å²) >= 11 is 1.60. The number of hydrogen-bond donors (Lipinski definition) is 2. The molecule has 6 nitrogen and oxygen atoms in total. The molecule has 1 aromatic rings. The lowest BCUT2D eigenvalue weighted by molar-refractivity contribution is 0.168. The summed E-state index contributed by atoms with van der Waals surface area (Å²) in [6.07, 6.45) is 2.13. The van der Waals surface area contributed by atoms with Crippen molar-refractivity contribution in [3.05, 3.63) is 51.3 Å². The lowest BCUT2D eigenvalue weighted by atomic mass is 9.68. The fourth-order valence-corrected chi connectivity index (χ4v) is 3.91. The Bertz CT molecular complexity index is 724. The van der Waals surface area contributed by atoms with Gasteiger partial charge in [-0.15, -0.1) is 11.3 Å². The van der Waals surface area contributed by atoms with Crippen LogP contribution in [0.15, 0.2) is 46.5 Å². The molecule has 4 heterocycles. The van der Waals surface area contributed by atoms with Crippen molar-refractivity contribution >= 4 is 30.1 Å². The minimum absolute atomic E-state index is 0.170. The first kappa shape index (κ1) is 14.6. The van der Waals surface area contributed by atoms with Crippen molar-refractivity contribution < 1.29 is 23.9 Å². The van der Waals surface area contributed by atoms with E-state index in [1.54, 1.807) is 17.6 Å². The van der Waals surface area contributed by atoms with E-state index in [2.05, 4.69) is 5.32 Å². The summed E-state index contributed by atoms with van der Waals surface area (Å²) in [5.41, 5.74) is 4.10. The van der Waals surface area contributed by atoms with Gasteiger partial charge in [0.15, 0.2) is 0 Å². The molecule has 3 aliphatic rings. The number of thiophene rings is 1. The zero-order valence-electron chi connectivity index (χ0n) is 12.2. The van der Waals surface area contributed by atoms with Crippen molar-refractivity contribution in [1.82, 2.24) is 5.32 Å². The van der Waals surface area contributed by atoms with Crippen molar-refractivity contribution in [2.24, 2.45) is 0 Å². The van der Waals surface area contributed by atoms with E-state index in [9.17, 15) is 4.79 Å². The van der Waals surface area contributed by atoms with Crippen LogP contribution in [0.25, 0.3) is 5.57 Å². The Kier molecular flexibility index (Phi) is 3.72. The summed E-state index contributed by atoms with van der Waals surface area (Å²) < 4.78 is 17.3. The number of hydrogen-bond acceptors (Lipinski definition) is 5. The number of nitrogens with one attached hydrogen (secondary N) is 1. The van der Waals surface area contributed by atoms with Crippen LogP contribution in [0.3, 0.4) is 0 Å². The van der Waals surface area contributed by atoms with Crippen molar-refractivity contribution in [3.8, 4) is 0 Å². The van der Waals surface area contributed by atoms with E-state index in [0.29, 0.717) is 13.2 Å². The van der Waals surface area contributed by atoms with Crippen LogP contribution < -0.4 is 5.32 Å². The number of ether oxygens (including phenoxy) is 1. The highest BCUT2D eigenvalue weighted by Crippen LogP contribution is 2.42. The molecule has 0 bridgehead atoms. The van der Waals surface area contributed by atoms with Crippen LogP contribution >= 0.6 is 11.3 Å². The average Bonchev–Trinajstić information content (AvgIpc) is 3.13. The Labute approximate surface area is 137 Å². The predicted octanol–water partition coefficient (Wildman–Crippen LogP) is 2.07. The minimum Gasteiger partial charge on any atom is -0.497 e. The van der Waals surface area contributed by atoms with E-state index in [-0.39, 0.29) is 6.54 Å². The summed E-state index contributed by atoms with van der Waals surface area (Å²) in [7, 11) is -0.462. The van der Waals surface area contributed by atoms with Crippen LogP contribution in [0.1, 0.15) is 4.88 Å². The molecule has 8 heteroatoms. The molecular formula is C15H14BNO5S. The SMILES string of the molecule is O=C(O)NCC1OB2OCC3=C2C(=C1c1cccs1)C=COC3. The quantitative estimate of drug-likeness (QED) is 0.829. The van der Waals surface area contributed by atoms with Crippen LogP contribution in [0.5, 0.6) is 0 Å². The molecule has 23 heavy (non-hydrogen) atoms. The van der Waals surface area contributed by atoms with Gasteiger partial charge in [0.25, 0.3) is 0 Å². The Morgan fingerprint density at radius 2 is 2.39 bits per heavy atom. The van der Waals surface area contributed by atoms with Crippen molar-refractivity contribution in [1.29, 1.82) is 0 Å². The van der Waals surface area contributed by atoms with Crippen LogP contribution in [-0.4, -0.2) is 44.2 Å². The molecule has 0 radical (unpaired) electrons. The third-order valence-corrected chi connectivity index (χ3v) is 4.93. The highest BCUT2D eigenvalue weighted by atomic mass is 32.1. The summed E-state index contributed by atoms with van der Waals surface area (Å²) in [4.78, 5) is 11.9. The normalized spacial score (nSPS) is 22.8. The second-order valence-corrected chi connectivity index (χ2v) is 6.34. The molecule has 2 N–H and O–H groups in total. The maximum Gasteiger partial charge on any atom is 0.495 e. The first-order valence-electron chi connectivity index (χ1n) is 7.26. The van der Waals surface area contributed by atoms with Gasteiger partial charge in [0.2, 0.25) is 0 Å². The molecule has 0 aliphatic carbocycles. The maximum absolute atomic E-state index is 10.9. The Morgan fingerprint density at radius 3 is 3.17 bits per heavy atom. The number of carboxylic acid groups (broad SMARTS) is 1. The zero-order chi connectivity index (χ0) is 15.8. The molecule has 0 saturated heterocycles. The van der Waals surface area contributed by atoms with E-state index in [0.717, 1.165) is 27.1 Å². The molecule has 3 aliphatic heterocycles. The second-order valence-electron chi connectivity index (χ2n) is 5.39. The first-order valence-corrected chi connectivity index (χ1v) is 8.14. The van der Waals surface area contributed by atoms with Crippen LogP contribution in [0.4, 0.5) is 4.79 Å². The maximum atomic E-state index is 10.9. The second kappa shape index (κ2) is 5.88. The zero-order valence-corrected chi connectivity index (χ0v) is 13.0. The van der Waals surface area contributed by atoms with Crippen molar-refractivity contribution in [2.45, 2.75) is 6.10 Å². The van der Waals surface area contributed by atoms with Gasteiger partial charge in [-0.3, -0.25) is 0 Å². The molecule has 0 spiro atoms. The summed E-state index contributed by atoms with van der Waals surface area (Å²) in [6, 6.07) is 3.98. The van der Waals surface area contributed by atoms with Gasteiger partial charge in [0, 0.05) is 17.0 Å². The molecule has 0 aromatic carbocycles. The summed E-state index contributed by atoms with van der Waals surface area (Å²) in [6.45, 7) is 1.14. The monoisotopic (exact) mass is 331 g/mol. The minimum atomic E-state index is -1.07. The van der Waals surface area contributed by atoms with Gasteiger partial charge in [-0.05, 0) is 34.1 Å². The summed E-state index contributed by atoms with van der Waals surface area (Å²) in [5.74, 6) is 0. The van der Waals surface area contributed by atoms with Crippen molar-refractivity contribution in [3.63, 3.8) is 0 Å². The third kappa shape index (κ3) is 2.58. The number of allylic oxidation sites excluding steroid dienone is 3. The van der Waals surface area contributed by atoms with Gasteiger partial charge in [-0.2, -0.15) is 0 Å². The van der Waals surface area contributed by atoms with E-state index in [1.165, 1.54) is 0 Å². The Hall–Kier alpha value is -2.03. The first-order chi connectivity index (χ1) is 11.2. The Balaban J connectivity index is 1.83. The molecular weight excluding hydrogens is 317 g/mol. The van der Waals surface area contributed by atoms with Gasteiger partial charge in [0.1, 0.15) is 6.61 Å². The average molecular weight is 331 g/mol. The topological polar surface area (TPSA) is 77.0 Å². The van der Waals surface area contributed by atoms with Crippen LogP contribution in [0.2, 0.25) is 0 Å². The standard InChI is InChI=1S/C15H14BNO5S/c18-15(19)17-6-11-13(12-2-1-5-23-12)10-3-4-20-7-9-8-21-16(22-11)14(9)10/h1-5,11,17H,6-8H2,(H,18,19). The predicted molar refractivity (Wildman–Crippen MR) is 86.0 cm³/mol. The van der Waals surface area contributed by atoms with Gasteiger partial charge in [-0.25, -0.2) is 4.79 Å². The molecule has 1 atom stereocenters. The van der Waals surface area contributed by atoms with Gasteiger partial charge in [0.05, 0.1) is 19.0 Å². The highest BCUT2D eigenvalue weighted by molar-refractivity contribution is 7.11. The smallest absolute Gasteiger partial charge is 0.495 e. The molecule has 1 amide bonds. The van der Waals surface area contributed by atoms with Gasteiger partial charge in [-0.1, -0.05) is 6.07 Å². The van der Waals surface area contributed by atoms with E-state index < -0.39 is 19.3 Å². The fraction of sp³-hybridized carbons (Fsp3) is 0.267. The lowest BCUT2D eigenvalue weighted by Gasteiger charge is -2.30. The van der Waals surface area contributed by atoms with Gasteiger partial charge < -0.3 is 24.5 Å². The van der Waals surface area contributed by atoms with Crippen LogP contribution in [0, 0.1) is 0 Å². The highest BCUT2D eigenvalue weighted by Gasteiger charge is 2.44. The number of amides is 1. The molecule has 4 rings (SSSR count). The Morgan fingerprint density at radius 1 is 1.48 bits per heavy atom. The van der Waals surface area contributed by atoms with E-state index in [4.69, 9.17) is 19.2 Å². The summed E-state index contributed by atoms with van der Waals surface area (Å²) in [5, 5.41) is 13.3. The van der Waals surface area contributed by atoms with Crippen molar-refractivity contribution in [2.75, 3.05) is 19.8 Å². The van der Waals surface area contributed by atoms with Crippen LogP contribution in [-0.2, 0) is 14.0 Å². The fourth-order valence-electron chi connectivity index (χ4n) is 3.08.